The Labute approximate surface area is 124 Å². The van der Waals surface area contributed by atoms with Gasteiger partial charge in [-0.05, 0) is 0 Å². The van der Waals surface area contributed by atoms with Crippen LogP contribution in [-0.2, 0) is 14.3 Å². The molecule has 8 N–H and O–H groups in total. The Morgan fingerprint density at radius 3 is 1.73 bits per heavy atom. The zero-order chi connectivity index (χ0) is 17.4. The van der Waals surface area contributed by atoms with Crippen LogP contribution in [0.4, 0.5) is 0 Å². The molecule has 0 aliphatic carbocycles. The summed E-state index contributed by atoms with van der Waals surface area (Å²) in [6.07, 6.45) is -14.4. The third kappa shape index (κ3) is 5.55. The van der Waals surface area contributed by atoms with E-state index < -0.39 is 61.9 Å². The molecular formula is C11H20O11. The summed E-state index contributed by atoms with van der Waals surface area (Å²) in [4.78, 5) is 22.2. The van der Waals surface area contributed by atoms with Crippen molar-refractivity contribution in [2.24, 2.45) is 0 Å². The molecule has 0 rings (SSSR count). The van der Waals surface area contributed by atoms with Crippen LogP contribution < -0.4 is 0 Å². The van der Waals surface area contributed by atoms with Crippen molar-refractivity contribution in [3.05, 3.63) is 0 Å². The number of carbonyl (C=O) groups is 2. The number of esters is 1. The van der Waals surface area contributed by atoms with Crippen molar-refractivity contribution in [1.29, 1.82) is 0 Å². The normalized spacial score (nSPS) is 21.1. The first kappa shape index (κ1) is 20.8. The topological polar surface area (TPSA) is 205 Å². The minimum absolute atomic E-state index is 0.0838. The van der Waals surface area contributed by atoms with Crippen LogP contribution >= 0.6 is 0 Å². The lowest BCUT2D eigenvalue weighted by molar-refractivity contribution is -0.183. The zero-order valence-corrected chi connectivity index (χ0v) is 11.3. The van der Waals surface area contributed by atoms with E-state index in [-0.39, 0.29) is 6.29 Å². The summed E-state index contributed by atoms with van der Waals surface area (Å²) in [6.45, 7) is -1.89. The fourth-order valence-corrected chi connectivity index (χ4v) is 1.37. The Morgan fingerprint density at radius 2 is 1.32 bits per heavy atom. The monoisotopic (exact) mass is 328 g/mol. The minimum Gasteiger partial charge on any atom is -0.450 e. The van der Waals surface area contributed by atoms with Crippen LogP contribution in [0.2, 0.25) is 0 Å². The Bertz CT molecular complexity index is 349. The summed E-state index contributed by atoms with van der Waals surface area (Å²) in [6, 6.07) is 0. The lowest BCUT2D eigenvalue weighted by atomic mass is 10.0. The van der Waals surface area contributed by atoms with Crippen molar-refractivity contribution < 1.29 is 55.2 Å². The van der Waals surface area contributed by atoms with E-state index >= 15 is 0 Å². The number of hydrogen-bond acceptors (Lipinski definition) is 11. The van der Waals surface area contributed by atoms with Gasteiger partial charge in [-0.1, -0.05) is 0 Å². The summed E-state index contributed by atoms with van der Waals surface area (Å²) in [5.41, 5.74) is 0. The van der Waals surface area contributed by atoms with E-state index in [1.807, 2.05) is 0 Å². The number of ether oxygens (including phenoxy) is 1. The molecule has 130 valence electrons. The highest BCUT2D eigenvalue weighted by Crippen LogP contribution is 2.10. The van der Waals surface area contributed by atoms with Gasteiger partial charge in [0.25, 0.3) is 0 Å². The first-order valence-corrected chi connectivity index (χ1v) is 6.17. The first-order chi connectivity index (χ1) is 10.2. The van der Waals surface area contributed by atoms with E-state index in [0.717, 1.165) is 0 Å². The maximum atomic E-state index is 11.5. The zero-order valence-electron chi connectivity index (χ0n) is 11.3. The second-order valence-electron chi connectivity index (χ2n) is 4.45. The summed E-state index contributed by atoms with van der Waals surface area (Å²) in [7, 11) is 0. The fourth-order valence-electron chi connectivity index (χ4n) is 1.37. The molecule has 11 heteroatoms. The van der Waals surface area contributed by atoms with Gasteiger partial charge in [0.15, 0.2) is 18.5 Å². The van der Waals surface area contributed by atoms with Crippen LogP contribution in [0.25, 0.3) is 0 Å². The summed E-state index contributed by atoms with van der Waals surface area (Å²) < 4.78 is 4.34. The Kier molecular flexibility index (Phi) is 9.24. The quantitative estimate of drug-likeness (QED) is 0.140. The molecule has 0 aromatic heterocycles. The summed E-state index contributed by atoms with van der Waals surface area (Å²) >= 11 is 0. The average molecular weight is 328 g/mol. The molecular weight excluding hydrogens is 308 g/mol. The van der Waals surface area contributed by atoms with Crippen molar-refractivity contribution in [2.75, 3.05) is 13.2 Å². The van der Waals surface area contributed by atoms with E-state index in [9.17, 15) is 30.0 Å². The minimum atomic E-state index is -2.41. The number of aliphatic hydroxyl groups excluding tert-OH is 8. The van der Waals surface area contributed by atoms with Crippen LogP contribution in [0.15, 0.2) is 0 Å². The molecule has 0 aromatic rings. The molecule has 0 aliphatic rings. The summed E-state index contributed by atoms with van der Waals surface area (Å²) in [5, 5.41) is 72.9. The summed E-state index contributed by atoms with van der Waals surface area (Å²) in [5.74, 6) is -1.64. The maximum Gasteiger partial charge on any atom is 0.338 e. The molecule has 0 saturated carbocycles. The van der Waals surface area contributed by atoms with Crippen molar-refractivity contribution >= 4 is 12.3 Å². The molecule has 0 amide bonds. The van der Waals surface area contributed by atoms with Crippen molar-refractivity contribution in [3.63, 3.8) is 0 Å². The predicted octanol–water partition coefficient (Wildman–Crippen LogP) is -5.75. The molecule has 7 atom stereocenters. The molecule has 0 bridgehead atoms. The fraction of sp³-hybridized carbons (Fsp3) is 0.818. The average Bonchev–Trinajstić information content (AvgIpc) is 2.54. The standard InChI is InChI=1S/C11H20O11/c12-1-4(15)7(17)6(3-14)22-11(21)10(20)9(19)8(18)5(16)2-13/h3-10,12-13,15-20H,1-2H2/t4-,5-,6+,7+,8-,9+,10-/m1/s1. The van der Waals surface area contributed by atoms with Gasteiger partial charge in [0.05, 0.1) is 13.2 Å². The van der Waals surface area contributed by atoms with Gasteiger partial charge in [-0.25, -0.2) is 4.79 Å². The Balaban J connectivity index is 4.77. The molecule has 0 heterocycles. The molecule has 0 saturated heterocycles. The number of aldehydes is 1. The molecule has 0 fully saturated rings. The maximum absolute atomic E-state index is 11.5. The molecule has 0 spiro atoms. The van der Waals surface area contributed by atoms with Crippen molar-refractivity contribution in [1.82, 2.24) is 0 Å². The van der Waals surface area contributed by atoms with E-state index in [1.54, 1.807) is 0 Å². The molecule has 0 aliphatic heterocycles. The number of aliphatic hydroxyl groups is 8. The number of carbonyl (C=O) groups excluding carboxylic acids is 2. The highest BCUT2D eigenvalue weighted by Gasteiger charge is 2.37. The highest BCUT2D eigenvalue weighted by molar-refractivity contribution is 5.77. The largest absolute Gasteiger partial charge is 0.450 e. The van der Waals surface area contributed by atoms with E-state index in [2.05, 4.69) is 4.74 Å². The van der Waals surface area contributed by atoms with Crippen LogP contribution in [0.1, 0.15) is 0 Å². The van der Waals surface area contributed by atoms with Gasteiger partial charge in [0.1, 0.15) is 30.5 Å². The molecule has 0 radical (unpaired) electrons. The van der Waals surface area contributed by atoms with E-state index in [0.29, 0.717) is 0 Å². The Hall–Kier alpha value is -1.18. The molecule has 0 unspecified atom stereocenters. The number of hydrogen-bond donors (Lipinski definition) is 8. The smallest absolute Gasteiger partial charge is 0.338 e. The van der Waals surface area contributed by atoms with Crippen LogP contribution in [0.5, 0.6) is 0 Å². The van der Waals surface area contributed by atoms with Crippen LogP contribution in [0.3, 0.4) is 0 Å². The predicted molar refractivity (Wildman–Crippen MR) is 66.2 cm³/mol. The van der Waals surface area contributed by atoms with Crippen LogP contribution in [-0.4, -0.2) is 109 Å². The van der Waals surface area contributed by atoms with Gasteiger partial charge in [-0.2, -0.15) is 0 Å². The van der Waals surface area contributed by atoms with Gasteiger partial charge in [-0.3, -0.25) is 4.79 Å². The van der Waals surface area contributed by atoms with Gasteiger partial charge >= 0.3 is 5.97 Å². The second kappa shape index (κ2) is 9.76. The highest BCUT2D eigenvalue weighted by atomic mass is 16.6. The third-order valence-corrected chi connectivity index (χ3v) is 2.80. The molecule has 11 nitrogen and oxygen atoms in total. The van der Waals surface area contributed by atoms with Gasteiger partial charge in [0.2, 0.25) is 0 Å². The van der Waals surface area contributed by atoms with Crippen LogP contribution in [0, 0.1) is 0 Å². The lowest BCUT2D eigenvalue weighted by Crippen LogP contribution is -2.51. The third-order valence-electron chi connectivity index (χ3n) is 2.80. The van der Waals surface area contributed by atoms with Gasteiger partial charge in [0, 0.05) is 0 Å². The molecule has 0 aromatic carbocycles. The lowest BCUT2D eigenvalue weighted by Gasteiger charge is -2.26. The first-order valence-electron chi connectivity index (χ1n) is 6.17. The second-order valence-corrected chi connectivity index (χ2v) is 4.45. The van der Waals surface area contributed by atoms with Crippen molar-refractivity contribution in [3.8, 4) is 0 Å². The number of rotatable bonds is 10. The van der Waals surface area contributed by atoms with E-state index in [1.165, 1.54) is 0 Å². The van der Waals surface area contributed by atoms with Gasteiger partial charge in [-0.15, -0.1) is 0 Å². The SMILES string of the molecule is O=C[C@H](OC(=O)[C@H](O)[C@@H](O)[C@H](O)[C@H](O)CO)[C@@H](O)[C@H](O)CO. The molecule has 22 heavy (non-hydrogen) atoms. The van der Waals surface area contributed by atoms with Gasteiger partial charge < -0.3 is 45.6 Å². The van der Waals surface area contributed by atoms with Crippen molar-refractivity contribution in [2.45, 2.75) is 42.7 Å². The Morgan fingerprint density at radius 1 is 0.864 bits per heavy atom. The van der Waals surface area contributed by atoms with E-state index in [4.69, 9.17) is 20.4 Å².